The van der Waals surface area contributed by atoms with Gasteiger partial charge in [0.1, 0.15) is 11.2 Å². The van der Waals surface area contributed by atoms with Gasteiger partial charge in [0, 0.05) is 11.6 Å². The molecule has 0 radical (unpaired) electrons. The van der Waals surface area contributed by atoms with Crippen LogP contribution in [0.3, 0.4) is 0 Å². The lowest BCUT2D eigenvalue weighted by Crippen LogP contribution is -1.83. The van der Waals surface area contributed by atoms with Crippen molar-refractivity contribution in [2.24, 2.45) is 0 Å². The molecule has 3 heterocycles. The zero-order chi connectivity index (χ0) is 11.2. The number of benzene rings is 1. The van der Waals surface area contributed by atoms with Gasteiger partial charge in [-0.3, -0.25) is 9.38 Å². The van der Waals surface area contributed by atoms with Gasteiger partial charge in [0.15, 0.2) is 0 Å². The normalized spacial score (nSPS) is 11.5. The summed E-state index contributed by atoms with van der Waals surface area (Å²) in [4.78, 5) is 9.14. The van der Waals surface area contributed by atoms with E-state index in [4.69, 9.17) is 0 Å². The van der Waals surface area contributed by atoms with E-state index in [-0.39, 0.29) is 0 Å². The Kier molecular flexibility index (Phi) is 1.56. The first kappa shape index (κ1) is 8.70. The quantitative estimate of drug-likeness (QED) is 0.455. The molecule has 0 saturated carbocycles. The SMILES string of the molecule is c1ccc2c(c1)ncc1c2nc2ccccn21. The van der Waals surface area contributed by atoms with Crippen LogP contribution in [0.5, 0.6) is 0 Å². The van der Waals surface area contributed by atoms with E-state index in [1.54, 1.807) is 0 Å². The number of pyridine rings is 2. The lowest BCUT2D eigenvalue weighted by atomic mass is 10.2. The number of rotatable bonds is 0. The van der Waals surface area contributed by atoms with Gasteiger partial charge in [0.2, 0.25) is 0 Å². The summed E-state index contributed by atoms with van der Waals surface area (Å²) in [5.41, 5.74) is 4.02. The second kappa shape index (κ2) is 3.04. The predicted octanol–water partition coefficient (Wildman–Crippen LogP) is 3.04. The number of nitrogens with zero attached hydrogens (tertiary/aromatic N) is 3. The molecule has 17 heavy (non-hydrogen) atoms. The van der Waals surface area contributed by atoms with Gasteiger partial charge in [-0.15, -0.1) is 0 Å². The third kappa shape index (κ3) is 1.11. The Balaban J connectivity index is 2.34. The molecule has 0 atom stereocenters. The maximum Gasteiger partial charge on any atom is 0.137 e. The van der Waals surface area contributed by atoms with Crippen LogP contribution in [0.1, 0.15) is 0 Å². The molecule has 0 unspecified atom stereocenters. The third-order valence-corrected chi connectivity index (χ3v) is 3.05. The van der Waals surface area contributed by atoms with Crippen molar-refractivity contribution in [3.63, 3.8) is 0 Å². The van der Waals surface area contributed by atoms with Crippen molar-refractivity contribution in [1.29, 1.82) is 0 Å². The monoisotopic (exact) mass is 219 g/mol. The summed E-state index contributed by atoms with van der Waals surface area (Å²) in [5, 5.41) is 1.11. The second-order valence-electron chi connectivity index (χ2n) is 4.05. The maximum atomic E-state index is 4.67. The van der Waals surface area contributed by atoms with E-state index in [0.29, 0.717) is 0 Å². The fourth-order valence-corrected chi connectivity index (χ4v) is 2.25. The maximum absolute atomic E-state index is 4.67. The molecule has 0 N–H and O–H groups in total. The minimum Gasteiger partial charge on any atom is -0.298 e. The molecule has 0 spiro atoms. The van der Waals surface area contributed by atoms with E-state index in [1.165, 1.54) is 0 Å². The molecule has 1 aromatic carbocycles. The average Bonchev–Trinajstić information content (AvgIpc) is 2.78. The molecular formula is C14H9N3. The van der Waals surface area contributed by atoms with Crippen LogP contribution in [0, 0.1) is 0 Å². The van der Waals surface area contributed by atoms with Gasteiger partial charge in [0.05, 0.1) is 17.2 Å². The van der Waals surface area contributed by atoms with Crippen molar-refractivity contribution in [3.8, 4) is 0 Å². The van der Waals surface area contributed by atoms with E-state index in [9.17, 15) is 0 Å². The summed E-state index contributed by atoms with van der Waals surface area (Å²) in [7, 11) is 0. The Hall–Kier alpha value is -2.42. The summed E-state index contributed by atoms with van der Waals surface area (Å²) in [6, 6.07) is 14.1. The van der Waals surface area contributed by atoms with E-state index < -0.39 is 0 Å². The van der Waals surface area contributed by atoms with Gasteiger partial charge in [-0.25, -0.2) is 4.98 Å². The predicted molar refractivity (Wildman–Crippen MR) is 68.0 cm³/mol. The first-order chi connectivity index (χ1) is 8.43. The van der Waals surface area contributed by atoms with Gasteiger partial charge in [0.25, 0.3) is 0 Å². The summed E-state index contributed by atoms with van der Waals surface area (Å²) in [5.74, 6) is 0. The lowest BCUT2D eigenvalue weighted by Gasteiger charge is -1.97. The van der Waals surface area contributed by atoms with Crippen molar-refractivity contribution in [3.05, 3.63) is 54.9 Å². The first-order valence-electron chi connectivity index (χ1n) is 5.54. The van der Waals surface area contributed by atoms with Crippen LogP contribution in [0.15, 0.2) is 54.9 Å². The fourth-order valence-electron chi connectivity index (χ4n) is 2.25. The van der Waals surface area contributed by atoms with Crippen LogP contribution < -0.4 is 0 Å². The number of para-hydroxylation sites is 1. The van der Waals surface area contributed by atoms with E-state index in [0.717, 1.165) is 27.6 Å². The van der Waals surface area contributed by atoms with Crippen molar-refractivity contribution in [1.82, 2.24) is 14.4 Å². The smallest absolute Gasteiger partial charge is 0.137 e. The van der Waals surface area contributed by atoms with Crippen molar-refractivity contribution in [2.45, 2.75) is 0 Å². The van der Waals surface area contributed by atoms with Gasteiger partial charge in [-0.2, -0.15) is 0 Å². The molecule has 0 fully saturated rings. The molecule has 0 bridgehead atoms. The third-order valence-electron chi connectivity index (χ3n) is 3.05. The molecule has 0 amide bonds. The Morgan fingerprint density at radius 3 is 2.82 bits per heavy atom. The van der Waals surface area contributed by atoms with Gasteiger partial charge >= 0.3 is 0 Å². The van der Waals surface area contributed by atoms with Crippen LogP contribution in [0.4, 0.5) is 0 Å². The number of hydrogen-bond donors (Lipinski definition) is 0. The number of fused-ring (bicyclic) bond motifs is 5. The molecule has 4 aromatic rings. The largest absolute Gasteiger partial charge is 0.298 e. The average molecular weight is 219 g/mol. The molecule has 3 heteroatoms. The minimum atomic E-state index is 0.959. The summed E-state index contributed by atoms with van der Waals surface area (Å²) >= 11 is 0. The highest BCUT2D eigenvalue weighted by molar-refractivity contribution is 6.03. The Morgan fingerprint density at radius 2 is 1.82 bits per heavy atom. The molecule has 0 saturated heterocycles. The summed E-state index contributed by atoms with van der Waals surface area (Å²) in [6.07, 6.45) is 3.90. The molecule has 0 aliphatic heterocycles. The van der Waals surface area contributed by atoms with Gasteiger partial charge in [-0.05, 0) is 18.2 Å². The molecule has 80 valence electrons. The molecular weight excluding hydrogens is 210 g/mol. The van der Waals surface area contributed by atoms with Gasteiger partial charge in [-0.1, -0.05) is 24.3 Å². The number of imidazole rings is 1. The Bertz CT molecular complexity index is 846. The Labute approximate surface area is 97.4 Å². The minimum absolute atomic E-state index is 0.959. The topological polar surface area (TPSA) is 30.2 Å². The summed E-state index contributed by atoms with van der Waals surface area (Å²) in [6.45, 7) is 0. The molecule has 3 aromatic heterocycles. The van der Waals surface area contributed by atoms with Crippen LogP contribution in [-0.4, -0.2) is 14.4 Å². The van der Waals surface area contributed by atoms with E-state index in [1.807, 2.05) is 48.8 Å². The molecule has 3 nitrogen and oxygen atoms in total. The van der Waals surface area contributed by atoms with Crippen LogP contribution >= 0.6 is 0 Å². The van der Waals surface area contributed by atoms with E-state index in [2.05, 4.69) is 20.4 Å². The van der Waals surface area contributed by atoms with Crippen LogP contribution in [0.25, 0.3) is 27.6 Å². The Morgan fingerprint density at radius 1 is 0.941 bits per heavy atom. The zero-order valence-electron chi connectivity index (χ0n) is 9.04. The highest BCUT2D eigenvalue weighted by Crippen LogP contribution is 2.23. The number of hydrogen-bond acceptors (Lipinski definition) is 2. The van der Waals surface area contributed by atoms with Crippen molar-refractivity contribution < 1.29 is 0 Å². The number of aromatic nitrogens is 3. The van der Waals surface area contributed by atoms with Crippen LogP contribution in [0.2, 0.25) is 0 Å². The molecule has 0 aliphatic carbocycles. The fraction of sp³-hybridized carbons (Fsp3) is 0. The lowest BCUT2D eigenvalue weighted by molar-refractivity contribution is 1.22. The first-order valence-corrected chi connectivity index (χ1v) is 5.54. The zero-order valence-corrected chi connectivity index (χ0v) is 9.04. The van der Waals surface area contributed by atoms with Crippen molar-refractivity contribution >= 4 is 27.6 Å². The standard InChI is InChI=1S/C14H9N3/c1-2-6-11-10(5-1)14-12(9-15-11)17-8-4-3-7-13(17)16-14/h1-9H. The summed E-state index contributed by atoms with van der Waals surface area (Å²) < 4.78 is 2.06. The highest BCUT2D eigenvalue weighted by Gasteiger charge is 2.07. The van der Waals surface area contributed by atoms with Crippen molar-refractivity contribution in [2.75, 3.05) is 0 Å². The van der Waals surface area contributed by atoms with E-state index >= 15 is 0 Å². The molecule has 4 rings (SSSR count). The molecule has 0 aliphatic rings. The highest BCUT2D eigenvalue weighted by atomic mass is 15.0. The van der Waals surface area contributed by atoms with Gasteiger partial charge < -0.3 is 0 Å². The van der Waals surface area contributed by atoms with Crippen LogP contribution in [-0.2, 0) is 0 Å². The second-order valence-corrected chi connectivity index (χ2v) is 4.05.